The first-order valence-electron chi connectivity index (χ1n) is 6.43. The largest absolute Gasteiger partial charge is 0.267 e. The van der Waals surface area contributed by atoms with Crippen LogP contribution in [0.1, 0.15) is 11.1 Å². The van der Waals surface area contributed by atoms with Gasteiger partial charge in [-0.1, -0.05) is 51.5 Å². The Balaban J connectivity index is 2.06. The third kappa shape index (κ3) is 4.23. The molecule has 0 aromatic heterocycles. The van der Waals surface area contributed by atoms with Gasteiger partial charge in [-0.15, -0.1) is 0 Å². The van der Waals surface area contributed by atoms with Crippen molar-refractivity contribution >= 4 is 30.6 Å². The highest BCUT2D eigenvalue weighted by Crippen LogP contribution is 2.32. The molecule has 0 radical (unpaired) electrons. The van der Waals surface area contributed by atoms with Crippen molar-refractivity contribution in [1.82, 2.24) is 4.72 Å². The summed E-state index contributed by atoms with van der Waals surface area (Å²) < 4.78 is 28.0. The van der Waals surface area contributed by atoms with Gasteiger partial charge in [-0.05, 0) is 43.0 Å². The Kier molecular flexibility index (Phi) is 5.32. The number of thiol groups is 1. The molecule has 0 aliphatic carbocycles. The lowest BCUT2D eigenvalue weighted by molar-refractivity contribution is 0.609. The highest BCUT2D eigenvalue weighted by molar-refractivity contribution is 8.79. The molecular formula is C15H18ClNO2S2. The second kappa shape index (κ2) is 6.83. The van der Waals surface area contributed by atoms with Gasteiger partial charge in [-0.2, -0.15) is 0 Å². The Morgan fingerprint density at radius 3 is 2.19 bits per heavy atom. The number of hydrogen-bond acceptors (Lipinski definition) is 3. The fourth-order valence-corrected chi connectivity index (χ4v) is 5.27. The van der Waals surface area contributed by atoms with E-state index in [2.05, 4.69) is 4.72 Å². The van der Waals surface area contributed by atoms with Gasteiger partial charge in [0.05, 0.1) is 4.90 Å². The molecule has 21 heavy (non-hydrogen) atoms. The van der Waals surface area contributed by atoms with Crippen molar-refractivity contribution in [3.8, 4) is 0 Å². The van der Waals surface area contributed by atoms with E-state index in [1.807, 2.05) is 31.2 Å². The molecule has 2 aromatic carbocycles. The van der Waals surface area contributed by atoms with Crippen molar-refractivity contribution < 1.29 is 8.42 Å². The molecule has 0 aliphatic rings. The molecule has 1 unspecified atom stereocenters. The molecule has 1 atom stereocenters. The summed E-state index contributed by atoms with van der Waals surface area (Å²) in [5.41, 5.74) is 2.05. The first kappa shape index (κ1) is 16.4. The van der Waals surface area contributed by atoms with Crippen LogP contribution in [0.3, 0.4) is 0 Å². The van der Waals surface area contributed by atoms with E-state index in [1.54, 1.807) is 30.5 Å². The number of aryl methyl sites for hydroxylation is 1. The van der Waals surface area contributed by atoms with Gasteiger partial charge in [-0.25, -0.2) is 8.42 Å². The van der Waals surface area contributed by atoms with Gasteiger partial charge in [0.1, 0.15) is 0 Å². The number of benzene rings is 2. The van der Waals surface area contributed by atoms with Crippen LogP contribution in [-0.4, -0.2) is 14.7 Å². The fourth-order valence-electron chi connectivity index (χ4n) is 1.76. The average Bonchev–Trinajstić information content (AvgIpc) is 2.46. The first-order valence-corrected chi connectivity index (χ1v) is 10.7. The van der Waals surface area contributed by atoms with Crippen LogP contribution < -0.4 is 4.72 Å². The number of hydrogen-bond donors (Lipinski definition) is 2. The predicted molar refractivity (Wildman–Crippen MR) is 91.6 cm³/mol. The molecule has 0 amide bonds. The lowest BCUT2D eigenvalue weighted by Crippen LogP contribution is -2.16. The van der Waals surface area contributed by atoms with Crippen LogP contribution >= 0.6 is 21.7 Å². The fraction of sp³-hybridized carbons (Fsp3) is 0.200. The van der Waals surface area contributed by atoms with Crippen molar-refractivity contribution in [2.75, 3.05) is 6.26 Å². The minimum Gasteiger partial charge on any atom is -0.267 e. The maximum Gasteiger partial charge on any atom is 0.221 e. The summed E-state index contributed by atoms with van der Waals surface area (Å²) in [6.45, 7) is 2.44. The zero-order valence-electron chi connectivity index (χ0n) is 11.9. The average molecular weight is 344 g/mol. The maximum atomic E-state index is 12.5. The summed E-state index contributed by atoms with van der Waals surface area (Å²) in [5, 5.41) is 0.671. The molecule has 2 rings (SSSR count). The summed E-state index contributed by atoms with van der Waals surface area (Å²) in [6.07, 6.45) is 1.72. The molecule has 0 spiro atoms. The summed E-state index contributed by atoms with van der Waals surface area (Å²) in [4.78, 5) is 0.366. The molecule has 3 nitrogen and oxygen atoms in total. The van der Waals surface area contributed by atoms with Gasteiger partial charge < -0.3 is 0 Å². The van der Waals surface area contributed by atoms with Crippen LogP contribution in [0.25, 0.3) is 0 Å². The minimum atomic E-state index is -3.31. The molecule has 0 heterocycles. The molecule has 0 saturated carbocycles. The van der Waals surface area contributed by atoms with Crippen molar-refractivity contribution in [3.05, 3.63) is 64.7 Å². The van der Waals surface area contributed by atoms with Gasteiger partial charge in [0, 0.05) is 11.6 Å². The Morgan fingerprint density at radius 2 is 1.62 bits per heavy atom. The second-order valence-electron chi connectivity index (χ2n) is 4.75. The third-order valence-electron chi connectivity index (χ3n) is 3.10. The zero-order chi connectivity index (χ0) is 15.5. The summed E-state index contributed by atoms with van der Waals surface area (Å²) >= 11 is 5.83. The summed E-state index contributed by atoms with van der Waals surface area (Å²) in [7, 11) is -4.66. The monoisotopic (exact) mass is 343 g/mol. The number of halogens is 1. The van der Waals surface area contributed by atoms with Gasteiger partial charge in [0.25, 0.3) is 0 Å². The number of rotatable bonds is 5. The predicted octanol–water partition coefficient (Wildman–Crippen LogP) is 3.67. The molecule has 0 aliphatic heterocycles. The molecule has 114 valence electrons. The Labute approximate surface area is 133 Å². The van der Waals surface area contributed by atoms with E-state index in [-0.39, 0.29) is 0 Å². The van der Waals surface area contributed by atoms with E-state index in [9.17, 15) is 8.42 Å². The van der Waals surface area contributed by atoms with Crippen LogP contribution in [0.15, 0.2) is 53.4 Å². The molecule has 2 aromatic rings. The molecule has 0 fully saturated rings. The van der Waals surface area contributed by atoms with Crippen LogP contribution in [0, 0.1) is 6.92 Å². The second-order valence-corrected chi connectivity index (χ2v) is 11.0. The van der Waals surface area contributed by atoms with Crippen molar-refractivity contribution in [3.63, 3.8) is 0 Å². The minimum absolute atomic E-state index is 0.366. The van der Waals surface area contributed by atoms with Crippen LogP contribution in [0.4, 0.5) is 0 Å². The SMILES string of the molecule is Cc1ccc(S(=O)(=O)[SH](C)NCc2ccc(Cl)cc2)cc1. The zero-order valence-corrected chi connectivity index (χ0v) is 14.3. The van der Waals surface area contributed by atoms with E-state index < -0.39 is 19.0 Å². The molecule has 0 bridgehead atoms. The normalized spacial score (nSPS) is 14.0. The van der Waals surface area contributed by atoms with Crippen LogP contribution in [0.5, 0.6) is 0 Å². The number of nitrogens with one attached hydrogen (secondary N) is 1. The lowest BCUT2D eigenvalue weighted by atomic mass is 10.2. The first-order chi connectivity index (χ1) is 9.89. The van der Waals surface area contributed by atoms with Crippen molar-refractivity contribution in [2.45, 2.75) is 18.4 Å². The van der Waals surface area contributed by atoms with Gasteiger partial charge in [-0.3, -0.25) is 4.72 Å². The van der Waals surface area contributed by atoms with Crippen molar-refractivity contribution in [1.29, 1.82) is 0 Å². The van der Waals surface area contributed by atoms with E-state index in [0.717, 1.165) is 11.1 Å². The van der Waals surface area contributed by atoms with E-state index in [4.69, 9.17) is 11.6 Å². The summed E-state index contributed by atoms with van der Waals surface area (Å²) in [5.74, 6) is 0. The Hall–Kier alpha value is -1.01. The van der Waals surface area contributed by atoms with Gasteiger partial charge in [0.2, 0.25) is 8.87 Å². The Morgan fingerprint density at radius 1 is 1.05 bits per heavy atom. The highest BCUT2D eigenvalue weighted by Gasteiger charge is 2.19. The van der Waals surface area contributed by atoms with Gasteiger partial charge in [0.15, 0.2) is 0 Å². The Bertz CT molecular complexity index is 697. The molecule has 1 N–H and O–H groups in total. The third-order valence-corrected chi connectivity index (χ3v) is 8.73. The van der Waals surface area contributed by atoms with Crippen LogP contribution in [0.2, 0.25) is 5.02 Å². The van der Waals surface area contributed by atoms with E-state index in [0.29, 0.717) is 16.5 Å². The smallest absolute Gasteiger partial charge is 0.221 e. The summed E-state index contributed by atoms with van der Waals surface area (Å²) in [6, 6.07) is 14.3. The maximum absolute atomic E-state index is 12.5. The van der Waals surface area contributed by atoms with E-state index in [1.165, 1.54) is 0 Å². The highest BCUT2D eigenvalue weighted by atomic mass is 35.5. The molecule has 0 saturated heterocycles. The topological polar surface area (TPSA) is 46.2 Å². The molecular weight excluding hydrogens is 326 g/mol. The van der Waals surface area contributed by atoms with E-state index >= 15 is 0 Å². The standard InChI is InChI=1S/C15H18ClNO2S2/c1-12-3-9-15(10-4-12)21(18,19)20(2)17-11-13-5-7-14(16)8-6-13/h3-10,17,20H,11H2,1-2H3. The quantitative estimate of drug-likeness (QED) is 0.643. The lowest BCUT2D eigenvalue weighted by Gasteiger charge is -2.19. The van der Waals surface area contributed by atoms with Crippen LogP contribution in [-0.2, 0) is 15.4 Å². The molecule has 6 heteroatoms. The van der Waals surface area contributed by atoms with Crippen molar-refractivity contribution in [2.24, 2.45) is 0 Å². The van der Waals surface area contributed by atoms with Gasteiger partial charge >= 0.3 is 0 Å².